The lowest BCUT2D eigenvalue weighted by Gasteiger charge is -2.28. The van der Waals surface area contributed by atoms with E-state index in [1.165, 1.54) is 29.5 Å². The Kier molecular flexibility index (Phi) is 4.28. The number of ether oxygens (including phenoxy) is 1. The van der Waals surface area contributed by atoms with Crippen LogP contribution in [0.25, 0.3) is 0 Å². The quantitative estimate of drug-likeness (QED) is 0.885. The largest absolute Gasteiger partial charge is 0.496 e. The Morgan fingerprint density at radius 3 is 2.67 bits per heavy atom. The van der Waals surface area contributed by atoms with Crippen LogP contribution in [0.3, 0.4) is 0 Å². The van der Waals surface area contributed by atoms with E-state index in [0.717, 1.165) is 24.6 Å². The molecule has 1 heterocycles. The summed E-state index contributed by atoms with van der Waals surface area (Å²) in [5.74, 6) is 1.87. The topological polar surface area (TPSA) is 21.3 Å². The van der Waals surface area contributed by atoms with Gasteiger partial charge in [-0.3, -0.25) is 0 Å². The summed E-state index contributed by atoms with van der Waals surface area (Å²) >= 11 is 0. The van der Waals surface area contributed by atoms with E-state index < -0.39 is 0 Å². The van der Waals surface area contributed by atoms with E-state index in [2.05, 4.69) is 38.2 Å². The molecule has 1 N–H and O–H groups in total. The van der Waals surface area contributed by atoms with Crippen LogP contribution in [0.1, 0.15) is 36.5 Å². The normalized spacial score (nSPS) is 24.0. The predicted molar refractivity (Wildman–Crippen MR) is 76.4 cm³/mol. The lowest BCUT2D eigenvalue weighted by Crippen LogP contribution is -2.39. The van der Waals surface area contributed by atoms with Gasteiger partial charge in [0.15, 0.2) is 0 Å². The van der Waals surface area contributed by atoms with Crippen molar-refractivity contribution in [3.8, 4) is 5.75 Å². The number of rotatable bonds is 3. The van der Waals surface area contributed by atoms with Crippen molar-refractivity contribution < 1.29 is 4.74 Å². The summed E-state index contributed by atoms with van der Waals surface area (Å²) in [7, 11) is 1.77. The number of piperidine rings is 1. The van der Waals surface area contributed by atoms with Gasteiger partial charge in [-0.15, -0.1) is 0 Å². The zero-order valence-corrected chi connectivity index (χ0v) is 12.0. The maximum absolute atomic E-state index is 5.54. The van der Waals surface area contributed by atoms with Crippen LogP contribution in [-0.2, 0) is 6.42 Å². The summed E-state index contributed by atoms with van der Waals surface area (Å²) < 4.78 is 5.54. The summed E-state index contributed by atoms with van der Waals surface area (Å²) in [5, 5.41) is 3.65. The van der Waals surface area contributed by atoms with Gasteiger partial charge in [-0.25, -0.2) is 0 Å². The summed E-state index contributed by atoms with van der Waals surface area (Å²) in [6.07, 6.45) is 3.70. The molecule has 1 saturated heterocycles. The molecule has 2 nitrogen and oxygen atoms in total. The van der Waals surface area contributed by atoms with Crippen molar-refractivity contribution in [3.63, 3.8) is 0 Å². The maximum atomic E-state index is 5.54. The second kappa shape index (κ2) is 5.75. The summed E-state index contributed by atoms with van der Waals surface area (Å²) in [5.41, 5.74) is 4.00. The molecule has 2 rings (SSSR count). The average Bonchev–Trinajstić information content (AvgIpc) is 2.34. The van der Waals surface area contributed by atoms with Crippen molar-refractivity contribution in [1.82, 2.24) is 5.32 Å². The first-order valence-corrected chi connectivity index (χ1v) is 6.97. The molecule has 1 aromatic carbocycles. The van der Waals surface area contributed by atoms with E-state index in [0.29, 0.717) is 6.04 Å². The molecule has 2 heteroatoms. The molecule has 1 aliphatic rings. The van der Waals surface area contributed by atoms with Crippen molar-refractivity contribution in [2.75, 3.05) is 13.7 Å². The Bertz CT molecular complexity index is 406. The molecule has 0 amide bonds. The van der Waals surface area contributed by atoms with E-state index in [9.17, 15) is 0 Å². The van der Waals surface area contributed by atoms with Crippen LogP contribution in [0.2, 0.25) is 0 Å². The third-order valence-corrected chi connectivity index (χ3v) is 4.01. The molecule has 1 aromatic rings. The molecule has 0 aliphatic carbocycles. The molecule has 0 radical (unpaired) electrons. The number of hydrogen-bond donors (Lipinski definition) is 1. The van der Waals surface area contributed by atoms with E-state index in [-0.39, 0.29) is 0 Å². The smallest absolute Gasteiger partial charge is 0.122 e. The first kappa shape index (κ1) is 13.4. The summed E-state index contributed by atoms with van der Waals surface area (Å²) in [4.78, 5) is 0. The van der Waals surface area contributed by atoms with Gasteiger partial charge in [0.1, 0.15) is 5.75 Å². The van der Waals surface area contributed by atoms with Crippen LogP contribution in [0, 0.1) is 19.8 Å². The monoisotopic (exact) mass is 247 g/mol. The fraction of sp³-hybridized carbons (Fsp3) is 0.625. The minimum Gasteiger partial charge on any atom is -0.496 e. The predicted octanol–water partition coefficient (Wildman–Crippen LogP) is 3.24. The first-order valence-electron chi connectivity index (χ1n) is 6.97. The molecule has 0 bridgehead atoms. The molecular formula is C16H25NO. The van der Waals surface area contributed by atoms with Crippen LogP contribution >= 0.6 is 0 Å². The Balaban J connectivity index is 2.13. The van der Waals surface area contributed by atoms with Crippen molar-refractivity contribution in [3.05, 3.63) is 28.8 Å². The molecule has 100 valence electrons. The highest BCUT2D eigenvalue weighted by Gasteiger charge is 2.20. The van der Waals surface area contributed by atoms with Crippen LogP contribution in [-0.4, -0.2) is 19.7 Å². The third kappa shape index (κ3) is 3.05. The van der Waals surface area contributed by atoms with Crippen molar-refractivity contribution in [1.29, 1.82) is 0 Å². The molecule has 1 fully saturated rings. The number of hydrogen-bond acceptors (Lipinski definition) is 2. The summed E-state index contributed by atoms with van der Waals surface area (Å²) in [6.45, 7) is 7.79. The number of aryl methyl sites for hydroxylation is 2. The lowest BCUT2D eigenvalue weighted by molar-refractivity contribution is 0.322. The zero-order valence-electron chi connectivity index (χ0n) is 12.0. The second-order valence-corrected chi connectivity index (χ2v) is 5.75. The number of methoxy groups -OCH3 is 1. The van der Waals surface area contributed by atoms with Gasteiger partial charge in [-0.05, 0) is 68.3 Å². The fourth-order valence-electron chi connectivity index (χ4n) is 2.88. The van der Waals surface area contributed by atoms with Crippen molar-refractivity contribution in [2.45, 2.75) is 46.1 Å². The van der Waals surface area contributed by atoms with Crippen LogP contribution in [0.4, 0.5) is 0 Å². The van der Waals surface area contributed by atoms with Gasteiger partial charge in [-0.2, -0.15) is 0 Å². The third-order valence-electron chi connectivity index (χ3n) is 4.01. The standard InChI is InChI=1S/C16H25NO/c1-11-5-6-14(17-10-11)9-15-13(3)7-12(2)8-16(15)18-4/h7-8,11,14,17H,5-6,9-10H2,1-4H3. The van der Waals surface area contributed by atoms with E-state index >= 15 is 0 Å². The van der Waals surface area contributed by atoms with Crippen LogP contribution in [0.5, 0.6) is 5.75 Å². The van der Waals surface area contributed by atoms with Gasteiger partial charge in [0.2, 0.25) is 0 Å². The summed E-state index contributed by atoms with van der Waals surface area (Å²) in [6, 6.07) is 5.01. The van der Waals surface area contributed by atoms with E-state index in [1.807, 2.05) is 0 Å². The number of benzene rings is 1. The van der Waals surface area contributed by atoms with Crippen molar-refractivity contribution in [2.24, 2.45) is 5.92 Å². The SMILES string of the molecule is COc1cc(C)cc(C)c1CC1CCC(C)CN1. The minimum absolute atomic E-state index is 0.608. The average molecular weight is 247 g/mol. The van der Waals surface area contributed by atoms with Gasteiger partial charge < -0.3 is 10.1 Å². The van der Waals surface area contributed by atoms with Gasteiger partial charge in [0.25, 0.3) is 0 Å². The van der Waals surface area contributed by atoms with Gasteiger partial charge in [0.05, 0.1) is 7.11 Å². The highest BCUT2D eigenvalue weighted by Crippen LogP contribution is 2.27. The minimum atomic E-state index is 0.608. The van der Waals surface area contributed by atoms with Crippen LogP contribution in [0.15, 0.2) is 12.1 Å². The molecule has 0 spiro atoms. The molecule has 0 aromatic heterocycles. The molecule has 0 saturated carbocycles. The molecule has 2 unspecified atom stereocenters. The van der Waals surface area contributed by atoms with Gasteiger partial charge >= 0.3 is 0 Å². The molecular weight excluding hydrogens is 222 g/mol. The zero-order chi connectivity index (χ0) is 13.1. The maximum Gasteiger partial charge on any atom is 0.122 e. The second-order valence-electron chi connectivity index (χ2n) is 5.75. The van der Waals surface area contributed by atoms with Crippen LogP contribution < -0.4 is 10.1 Å². The van der Waals surface area contributed by atoms with E-state index in [4.69, 9.17) is 4.74 Å². The molecule has 18 heavy (non-hydrogen) atoms. The number of nitrogens with one attached hydrogen (secondary N) is 1. The Labute approximate surface area is 111 Å². The molecule has 1 aliphatic heterocycles. The Hall–Kier alpha value is -1.02. The van der Waals surface area contributed by atoms with Gasteiger partial charge in [-0.1, -0.05) is 13.0 Å². The Morgan fingerprint density at radius 2 is 2.06 bits per heavy atom. The first-order chi connectivity index (χ1) is 8.60. The highest BCUT2D eigenvalue weighted by molar-refractivity contribution is 5.43. The van der Waals surface area contributed by atoms with Crippen molar-refractivity contribution >= 4 is 0 Å². The van der Waals surface area contributed by atoms with E-state index in [1.54, 1.807) is 7.11 Å². The Morgan fingerprint density at radius 1 is 1.28 bits per heavy atom. The molecule has 2 atom stereocenters. The fourth-order valence-corrected chi connectivity index (χ4v) is 2.88. The lowest BCUT2D eigenvalue weighted by atomic mass is 9.90. The van der Waals surface area contributed by atoms with Gasteiger partial charge in [0, 0.05) is 6.04 Å². The highest BCUT2D eigenvalue weighted by atomic mass is 16.5.